The van der Waals surface area contributed by atoms with E-state index in [1.54, 1.807) is 97.1 Å². The summed E-state index contributed by atoms with van der Waals surface area (Å²) in [4.78, 5) is 76.9. The number of aryl methyl sites for hydroxylation is 4. The molecule has 2 fully saturated rings. The molecule has 7 N–H and O–H groups in total. The van der Waals surface area contributed by atoms with Gasteiger partial charge in [0.25, 0.3) is 23.6 Å². The van der Waals surface area contributed by atoms with Crippen molar-refractivity contribution in [1.29, 1.82) is 0 Å². The second-order valence-corrected chi connectivity index (χ2v) is 26.4. The first-order valence-electron chi connectivity index (χ1n) is 37.5. The maximum absolute atomic E-state index is 15.0. The molecule has 12 rings (SSSR count). The first kappa shape index (κ1) is 79.0. The number of anilines is 2. The Kier molecular flexibility index (Phi) is 28.9. The highest BCUT2D eigenvalue weighted by Gasteiger charge is 2.26. The van der Waals surface area contributed by atoms with E-state index in [-0.39, 0.29) is 67.7 Å². The summed E-state index contributed by atoms with van der Waals surface area (Å²) in [6.45, 7) is 26.5. The fourth-order valence-electron chi connectivity index (χ4n) is 13.3. The van der Waals surface area contributed by atoms with Gasteiger partial charge in [0.2, 0.25) is 0 Å². The van der Waals surface area contributed by atoms with E-state index >= 15 is 4.39 Å². The summed E-state index contributed by atoms with van der Waals surface area (Å²) in [5.41, 5.74) is 13.7. The Labute approximate surface area is 625 Å². The lowest BCUT2D eigenvalue weighted by atomic mass is 10.00. The van der Waals surface area contributed by atoms with Gasteiger partial charge < -0.3 is 46.7 Å². The number of hydrogen-bond acceptors (Lipinski definition) is 15. The first-order valence-corrected chi connectivity index (χ1v) is 37.5. The summed E-state index contributed by atoms with van der Waals surface area (Å²) in [7, 11) is 0. The van der Waals surface area contributed by atoms with E-state index in [1.165, 1.54) is 12.1 Å². The number of aromatic nitrogens is 6. The van der Waals surface area contributed by atoms with Crippen LogP contribution >= 0.6 is 0 Å². The number of amides is 4. The third-order valence-corrected chi connectivity index (χ3v) is 19.3. The highest BCUT2D eigenvalue weighted by molar-refractivity contribution is 6.01. The number of hydrogen-bond donors (Lipinski definition) is 7. The molecule has 4 amide bonds. The third kappa shape index (κ3) is 20.5. The summed E-state index contributed by atoms with van der Waals surface area (Å²) in [6, 6.07) is 37.8. The highest BCUT2D eigenvalue weighted by Crippen LogP contribution is 2.34. The molecule has 107 heavy (non-hydrogen) atoms. The SMILES string of the molecule is CCNCC.CCc1nc2c(cnn2CC)c(NC2CCOCC2)c1CNC(=O)c1cccc(C(=O)NCc2ccc(F)c(-c3cccc(C=O)c3)c2)c1.CCc1nc2c(cnn2CC)c(NC2CCOCC2)c1CNC(=O)c1cccc(C(=O)NCc2ccc(F)c(-c3cccc(CN(CC)CC)c3)c2)c1. The zero-order valence-electron chi connectivity index (χ0n) is 62.7. The van der Waals surface area contributed by atoms with Gasteiger partial charge in [-0.25, -0.2) is 28.1 Å². The Bertz CT molecular complexity index is 4690. The molecule has 10 aromatic rings. The van der Waals surface area contributed by atoms with Crippen LogP contribution in [0.25, 0.3) is 44.3 Å². The van der Waals surface area contributed by atoms with Crippen LogP contribution in [-0.4, -0.2) is 129 Å². The molecule has 2 aliphatic rings. The van der Waals surface area contributed by atoms with Gasteiger partial charge in [-0.1, -0.05) is 102 Å². The number of nitrogens with zero attached hydrogens (tertiary/aromatic N) is 7. The quantitative estimate of drug-likeness (QED) is 0.0215. The predicted molar refractivity (Wildman–Crippen MR) is 418 cm³/mol. The molecule has 0 unspecified atom stereocenters. The van der Waals surface area contributed by atoms with Crippen LogP contribution in [-0.2, 0) is 68.1 Å². The maximum atomic E-state index is 15.0. The van der Waals surface area contributed by atoms with Crippen molar-refractivity contribution in [3.8, 4) is 22.3 Å². The topological polar surface area (TPSA) is 253 Å². The largest absolute Gasteiger partial charge is 0.381 e. The summed E-state index contributed by atoms with van der Waals surface area (Å²) in [5, 5.41) is 33.5. The summed E-state index contributed by atoms with van der Waals surface area (Å²) < 4.78 is 44.6. The van der Waals surface area contributed by atoms with Gasteiger partial charge in [-0.2, -0.15) is 10.2 Å². The minimum Gasteiger partial charge on any atom is -0.381 e. The molecule has 2 saturated heterocycles. The van der Waals surface area contributed by atoms with E-state index in [0.29, 0.717) is 109 Å². The van der Waals surface area contributed by atoms with Crippen LogP contribution in [0.3, 0.4) is 0 Å². The van der Waals surface area contributed by atoms with Crippen LogP contribution in [0, 0.1) is 11.6 Å². The summed E-state index contributed by atoms with van der Waals surface area (Å²) in [6.07, 6.45) is 9.29. The van der Waals surface area contributed by atoms with E-state index in [0.717, 1.165) is 131 Å². The lowest BCUT2D eigenvalue weighted by Crippen LogP contribution is -2.30. The van der Waals surface area contributed by atoms with Gasteiger partial charge in [0.05, 0.1) is 34.5 Å². The standard InChI is InChI=1S/C42H50FN7O3.C38H39FN6O4.C4H11N/c1-5-38-35(39(47-33-17-19-53-20-18-33)36-26-46-50(8-4)40(36)48-38)25-45-42(52)32-14-10-13-31(23-32)41(51)44-24-28-15-16-37(43)34(22-28)30-12-9-11-29(21-30)27-49(6-2)7-3;1-3-34-31(35(43-29-13-15-49-16-14-29)32-22-42-45(4-2)36(32)44-34)21-41-38(48)28-10-6-9-27(19-28)37(47)40-20-24-11-12-33(39)30(18-24)26-8-5-7-25(17-26)23-46;1-3-5-4-2/h9-16,21-23,26,33H,5-8,17-20,24-25,27H2,1-4H3,(H,44,51)(H,45,52)(H,47,48);5-12,17-19,22-23,29H,3-4,13-16,20-21H2,1-2H3,(H,40,47)(H,41,48)(H,43,44);5H,3-4H2,1-2H3. The Morgan fingerprint density at radius 1 is 0.495 bits per heavy atom. The van der Waals surface area contributed by atoms with Gasteiger partial charge in [-0.05, 0) is 179 Å². The molecule has 2 aliphatic heterocycles. The molecule has 0 bridgehead atoms. The van der Waals surface area contributed by atoms with Crippen LogP contribution in [0.1, 0.15) is 172 Å². The number of carbonyl (C=O) groups is 5. The monoisotopic (exact) mass is 1450 g/mol. The van der Waals surface area contributed by atoms with Crippen LogP contribution in [0.5, 0.6) is 0 Å². The van der Waals surface area contributed by atoms with Crippen molar-refractivity contribution in [2.75, 3.05) is 63.2 Å². The summed E-state index contributed by atoms with van der Waals surface area (Å²) >= 11 is 0. The van der Waals surface area contributed by atoms with E-state index < -0.39 is 5.82 Å². The van der Waals surface area contributed by atoms with Crippen molar-refractivity contribution < 1.29 is 42.2 Å². The molecule has 0 spiro atoms. The van der Waals surface area contributed by atoms with Gasteiger partial charge in [-0.15, -0.1) is 0 Å². The minimum absolute atomic E-state index is 0.142. The number of aldehydes is 1. The lowest BCUT2D eigenvalue weighted by molar-refractivity contribution is 0.0903. The van der Waals surface area contributed by atoms with Crippen molar-refractivity contribution in [2.45, 2.75) is 152 Å². The second-order valence-electron chi connectivity index (χ2n) is 26.4. The maximum Gasteiger partial charge on any atom is 0.251 e. The zero-order valence-corrected chi connectivity index (χ0v) is 62.7. The van der Waals surface area contributed by atoms with Crippen molar-refractivity contribution in [3.63, 3.8) is 0 Å². The average Bonchev–Trinajstić information content (AvgIpc) is 1.67. The van der Waals surface area contributed by atoms with Crippen LogP contribution in [0.2, 0.25) is 0 Å². The molecule has 4 aromatic heterocycles. The Morgan fingerprint density at radius 3 is 1.30 bits per heavy atom. The lowest BCUT2D eigenvalue weighted by Gasteiger charge is -2.26. The van der Waals surface area contributed by atoms with Gasteiger partial charge in [-0.3, -0.25) is 28.9 Å². The van der Waals surface area contributed by atoms with Gasteiger partial charge >= 0.3 is 0 Å². The zero-order chi connectivity index (χ0) is 75.8. The van der Waals surface area contributed by atoms with Crippen LogP contribution in [0.15, 0.2) is 146 Å². The molecule has 562 valence electrons. The van der Waals surface area contributed by atoms with Crippen LogP contribution < -0.4 is 37.2 Å². The third-order valence-electron chi connectivity index (χ3n) is 19.3. The highest BCUT2D eigenvalue weighted by atomic mass is 19.1. The van der Waals surface area contributed by atoms with E-state index in [1.807, 2.05) is 60.7 Å². The number of benzene rings is 6. The molecule has 6 heterocycles. The average molecular weight is 1460 g/mol. The van der Waals surface area contributed by atoms with Crippen molar-refractivity contribution in [2.24, 2.45) is 0 Å². The van der Waals surface area contributed by atoms with Gasteiger partial charge in [0.15, 0.2) is 11.3 Å². The number of nitrogens with one attached hydrogen (secondary N) is 7. The molecular weight excluding hydrogens is 1360 g/mol. The van der Waals surface area contributed by atoms with Crippen LogP contribution in [0.4, 0.5) is 20.2 Å². The number of rotatable bonds is 29. The second kappa shape index (κ2) is 39.1. The molecule has 23 heteroatoms. The van der Waals surface area contributed by atoms with Crippen molar-refractivity contribution >= 4 is 63.4 Å². The van der Waals surface area contributed by atoms with E-state index in [9.17, 15) is 28.4 Å². The molecule has 0 saturated carbocycles. The number of pyridine rings is 2. The molecule has 21 nitrogen and oxygen atoms in total. The fourth-order valence-corrected chi connectivity index (χ4v) is 13.3. The summed E-state index contributed by atoms with van der Waals surface area (Å²) in [5.74, 6) is -2.06. The van der Waals surface area contributed by atoms with Gasteiger partial charge in [0.1, 0.15) is 17.9 Å². The number of carbonyl (C=O) groups excluding carboxylic acids is 5. The minimum atomic E-state index is -0.430. The van der Waals surface area contributed by atoms with Crippen molar-refractivity contribution in [3.05, 3.63) is 225 Å². The fraction of sp³-hybridized carbons (Fsp3) is 0.369. The number of ether oxygens (including phenoxy) is 2. The van der Waals surface area contributed by atoms with E-state index in [2.05, 4.69) is 93.0 Å². The number of halogens is 2. The molecule has 0 aliphatic carbocycles. The molecule has 6 aromatic carbocycles. The predicted octanol–water partition coefficient (Wildman–Crippen LogP) is 13.8. The smallest absolute Gasteiger partial charge is 0.251 e. The normalized spacial score (nSPS) is 13.1. The first-order chi connectivity index (χ1) is 52.1. The van der Waals surface area contributed by atoms with Gasteiger partial charge in [0, 0.05) is 146 Å². The molecule has 0 radical (unpaired) electrons. The van der Waals surface area contributed by atoms with Crippen molar-refractivity contribution in [1.82, 2.24) is 61.0 Å². The Balaban J connectivity index is 0.000000216. The Morgan fingerprint density at radius 2 is 0.907 bits per heavy atom. The molecule has 0 atom stereocenters. The number of fused-ring (bicyclic) bond motifs is 2. The van der Waals surface area contributed by atoms with E-state index in [4.69, 9.17) is 19.4 Å². The Hall–Kier alpha value is -10.6. The molecular formula is C84H100F2N14O7.